The third-order valence-electron chi connectivity index (χ3n) is 5.07. The van der Waals surface area contributed by atoms with E-state index in [1.807, 2.05) is 48.7 Å². The van der Waals surface area contributed by atoms with Gasteiger partial charge in [-0.15, -0.1) is 0 Å². The summed E-state index contributed by atoms with van der Waals surface area (Å²) >= 11 is 0. The van der Waals surface area contributed by atoms with Gasteiger partial charge in [-0.2, -0.15) is 0 Å². The first kappa shape index (κ1) is 19.1. The number of fused-ring (bicyclic) bond motifs is 1. The van der Waals surface area contributed by atoms with Gasteiger partial charge in [0.15, 0.2) is 5.82 Å². The van der Waals surface area contributed by atoms with Crippen LogP contribution in [0.25, 0.3) is 0 Å². The fraction of sp³-hybridized carbons (Fsp3) is 0.476. The van der Waals surface area contributed by atoms with Crippen LogP contribution in [0.1, 0.15) is 65.5 Å². The first-order valence-electron chi connectivity index (χ1n) is 9.82. The van der Waals surface area contributed by atoms with Gasteiger partial charge < -0.3 is 15.2 Å². The topological polar surface area (TPSA) is 76.0 Å². The van der Waals surface area contributed by atoms with E-state index in [1.54, 1.807) is 0 Å². The van der Waals surface area contributed by atoms with Crippen LogP contribution in [-0.4, -0.2) is 34.0 Å². The molecule has 2 amide bonds. The summed E-state index contributed by atoms with van der Waals surface area (Å²) < 4.78 is 1.92. The SMILES string of the molecule is CCC(C)NC(=O)c1nc(C(=O)NCCc2ccccc2)c2n1CCCC2. The van der Waals surface area contributed by atoms with Gasteiger partial charge in [-0.25, -0.2) is 4.98 Å². The maximum Gasteiger partial charge on any atom is 0.287 e. The minimum atomic E-state index is -0.198. The van der Waals surface area contributed by atoms with Crippen molar-refractivity contribution in [3.63, 3.8) is 0 Å². The molecule has 1 unspecified atom stereocenters. The predicted octanol–water partition coefficient (Wildman–Crippen LogP) is 2.72. The third kappa shape index (κ3) is 4.56. The zero-order chi connectivity index (χ0) is 19.2. The Morgan fingerprint density at radius 2 is 1.96 bits per heavy atom. The summed E-state index contributed by atoms with van der Waals surface area (Å²) in [6.45, 7) is 5.28. The van der Waals surface area contributed by atoms with E-state index in [0.29, 0.717) is 18.1 Å². The molecule has 2 heterocycles. The van der Waals surface area contributed by atoms with Gasteiger partial charge in [-0.1, -0.05) is 37.3 Å². The number of hydrogen-bond acceptors (Lipinski definition) is 3. The number of amides is 2. The lowest BCUT2D eigenvalue weighted by Gasteiger charge is -2.18. The Morgan fingerprint density at radius 3 is 2.70 bits per heavy atom. The van der Waals surface area contributed by atoms with Gasteiger partial charge in [0.1, 0.15) is 5.69 Å². The molecule has 1 atom stereocenters. The maximum atomic E-state index is 12.7. The molecule has 1 aromatic carbocycles. The number of carbonyl (C=O) groups is 2. The van der Waals surface area contributed by atoms with Crippen LogP contribution < -0.4 is 10.6 Å². The number of imidazole rings is 1. The highest BCUT2D eigenvalue weighted by atomic mass is 16.2. The standard InChI is InChI=1S/C21H28N4O2/c1-3-15(2)23-21(27)19-24-18(17-11-7-8-14-25(17)19)20(26)22-13-12-16-9-5-4-6-10-16/h4-6,9-10,15H,3,7-8,11-14H2,1-2H3,(H,22,26)(H,23,27). The first-order chi connectivity index (χ1) is 13.1. The van der Waals surface area contributed by atoms with Crippen LogP contribution in [0.2, 0.25) is 0 Å². The van der Waals surface area contributed by atoms with Crippen LogP contribution >= 0.6 is 0 Å². The van der Waals surface area contributed by atoms with E-state index in [-0.39, 0.29) is 17.9 Å². The molecule has 0 saturated heterocycles. The number of benzene rings is 1. The van der Waals surface area contributed by atoms with Gasteiger partial charge in [0.05, 0.1) is 5.69 Å². The minimum Gasteiger partial charge on any atom is -0.350 e. The quantitative estimate of drug-likeness (QED) is 0.789. The molecule has 1 aromatic heterocycles. The lowest BCUT2D eigenvalue weighted by Crippen LogP contribution is -2.34. The Labute approximate surface area is 160 Å². The van der Waals surface area contributed by atoms with Crippen LogP contribution in [0.5, 0.6) is 0 Å². The molecular weight excluding hydrogens is 340 g/mol. The molecule has 144 valence electrons. The molecule has 6 heteroatoms. The van der Waals surface area contributed by atoms with E-state index in [4.69, 9.17) is 0 Å². The maximum absolute atomic E-state index is 12.7. The Hall–Kier alpha value is -2.63. The second-order valence-corrected chi connectivity index (χ2v) is 7.11. The van der Waals surface area contributed by atoms with Gasteiger partial charge in [0, 0.05) is 19.1 Å². The van der Waals surface area contributed by atoms with Crippen molar-refractivity contribution in [2.75, 3.05) is 6.54 Å². The highest BCUT2D eigenvalue weighted by Crippen LogP contribution is 2.21. The van der Waals surface area contributed by atoms with Crippen molar-refractivity contribution in [3.8, 4) is 0 Å². The first-order valence-corrected chi connectivity index (χ1v) is 9.82. The van der Waals surface area contributed by atoms with Gasteiger partial charge in [-0.3, -0.25) is 9.59 Å². The van der Waals surface area contributed by atoms with Crippen molar-refractivity contribution < 1.29 is 9.59 Å². The summed E-state index contributed by atoms with van der Waals surface area (Å²) in [5.74, 6) is -0.0341. The van der Waals surface area contributed by atoms with Gasteiger partial charge in [0.25, 0.3) is 11.8 Å². The summed E-state index contributed by atoms with van der Waals surface area (Å²) in [5.41, 5.74) is 2.46. The second kappa shape index (κ2) is 8.84. The van der Waals surface area contributed by atoms with Crippen LogP contribution in [0.15, 0.2) is 30.3 Å². The van der Waals surface area contributed by atoms with Crippen molar-refractivity contribution in [2.45, 2.75) is 58.5 Å². The van der Waals surface area contributed by atoms with E-state index >= 15 is 0 Å². The normalized spacial score (nSPS) is 14.3. The largest absolute Gasteiger partial charge is 0.350 e. The van der Waals surface area contributed by atoms with E-state index < -0.39 is 0 Å². The van der Waals surface area contributed by atoms with Crippen LogP contribution in [0, 0.1) is 0 Å². The van der Waals surface area contributed by atoms with Crippen LogP contribution in [-0.2, 0) is 19.4 Å². The molecule has 1 aliphatic rings. The number of nitrogens with one attached hydrogen (secondary N) is 2. The predicted molar refractivity (Wildman–Crippen MR) is 105 cm³/mol. The molecule has 0 spiro atoms. The van der Waals surface area contributed by atoms with E-state index in [1.165, 1.54) is 5.56 Å². The summed E-state index contributed by atoms with van der Waals surface area (Å²) in [6.07, 6.45) is 4.42. The molecule has 0 saturated carbocycles. The molecule has 3 rings (SSSR count). The summed E-state index contributed by atoms with van der Waals surface area (Å²) in [5, 5.41) is 5.91. The Kier molecular flexibility index (Phi) is 6.27. The van der Waals surface area contributed by atoms with Crippen molar-refractivity contribution in [1.29, 1.82) is 0 Å². The lowest BCUT2D eigenvalue weighted by molar-refractivity contribution is 0.0923. The van der Waals surface area contributed by atoms with Crippen molar-refractivity contribution >= 4 is 11.8 Å². The smallest absolute Gasteiger partial charge is 0.287 e. The highest BCUT2D eigenvalue weighted by Gasteiger charge is 2.27. The van der Waals surface area contributed by atoms with E-state index in [2.05, 4.69) is 15.6 Å². The zero-order valence-electron chi connectivity index (χ0n) is 16.1. The summed E-state index contributed by atoms with van der Waals surface area (Å²) in [7, 11) is 0. The van der Waals surface area contributed by atoms with Gasteiger partial charge >= 0.3 is 0 Å². The fourth-order valence-electron chi connectivity index (χ4n) is 3.34. The van der Waals surface area contributed by atoms with Crippen molar-refractivity contribution in [1.82, 2.24) is 20.2 Å². The van der Waals surface area contributed by atoms with Gasteiger partial charge in [-0.05, 0) is 44.6 Å². The zero-order valence-corrected chi connectivity index (χ0v) is 16.1. The number of carbonyl (C=O) groups excluding carboxylic acids is 2. The highest BCUT2D eigenvalue weighted by molar-refractivity contribution is 5.97. The minimum absolute atomic E-state index is 0.0807. The molecule has 1 aliphatic heterocycles. The molecule has 0 bridgehead atoms. The lowest BCUT2D eigenvalue weighted by atomic mass is 10.1. The number of rotatable bonds is 7. The second-order valence-electron chi connectivity index (χ2n) is 7.11. The average molecular weight is 368 g/mol. The molecule has 0 radical (unpaired) electrons. The van der Waals surface area contributed by atoms with Gasteiger partial charge in [0.2, 0.25) is 0 Å². The molecular formula is C21H28N4O2. The fourth-order valence-corrected chi connectivity index (χ4v) is 3.34. The number of nitrogens with zero attached hydrogens (tertiary/aromatic N) is 2. The Balaban J connectivity index is 1.72. The Morgan fingerprint density at radius 1 is 1.19 bits per heavy atom. The van der Waals surface area contributed by atoms with E-state index in [0.717, 1.165) is 44.3 Å². The molecule has 0 aliphatic carbocycles. The van der Waals surface area contributed by atoms with Crippen molar-refractivity contribution in [3.05, 3.63) is 53.1 Å². The average Bonchev–Trinajstić information content (AvgIpc) is 3.08. The Bertz CT molecular complexity index is 798. The monoisotopic (exact) mass is 368 g/mol. The summed E-state index contributed by atoms with van der Waals surface area (Å²) in [4.78, 5) is 29.7. The molecule has 27 heavy (non-hydrogen) atoms. The molecule has 2 N–H and O–H groups in total. The van der Waals surface area contributed by atoms with Crippen LogP contribution in [0.3, 0.4) is 0 Å². The van der Waals surface area contributed by atoms with Crippen molar-refractivity contribution in [2.24, 2.45) is 0 Å². The van der Waals surface area contributed by atoms with Crippen LogP contribution in [0.4, 0.5) is 0 Å². The summed E-state index contributed by atoms with van der Waals surface area (Å²) in [6, 6.07) is 10.1. The molecule has 2 aromatic rings. The number of aromatic nitrogens is 2. The van der Waals surface area contributed by atoms with E-state index in [9.17, 15) is 9.59 Å². The third-order valence-corrected chi connectivity index (χ3v) is 5.07. The molecule has 0 fully saturated rings. The molecule has 6 nitrogen and oxygen atoms in total. The number of hydrogen-bond donors (Lipinski definition) is 2.